The van der Waals surface area contributed by atoms with E-state index in [0.717, 1.165) is 11.1 Å². The van der Waals surface area contributed by atoms with Crippen LogP contribution in [0.4, 0.5) is 11.4 Å². The van der Waals surface area contributed by atoms with Gasteiger partial charge in [0.05, 0.1) is 5.56 Å². The van der Waals surface area contributed by atoms with Crippen LogP contribution in [0.25, 0.3) is 6.08 Å². The number of carbonyl (C=O) groups is 3. The number of hydrogen-bond acceptors (Lipinski definition) is 3. The van der Waals surface area contributed by atoms with Crippen molar-refractivity contribution in [1.82, 2.24) is 0 Å². The Labute approximate surface area is 173 Å². The molecule has 0 heterocycles. The summed E-state index contributed by atoms with van der Waals surface area (Å²) in [4.78, 5) is 35.6. The highest BCUT2D eigenvalue weighted by Crippen LogP contribution is 2.19. The van der Waals surface area contributed by atoms with E-state index in [0.29, 0.717) is 16.9 Å². The SMILES string of the molecule is Cc1ccc(C(=O)O)cc1NC(=O)c1ccc(NC(=O)/C=C/c2ccccc2)cc1. The van der Waals surface area contributed by atoms with Crippen molar-refractivity contribution < 1.29 is 19.5 Å². The number of hydrogen-bond donors (Lipinski definition) is 3. The van der Waals surface area contributed by atoms with Gasteiger partial charge in [0.2, 0.25) is 5.91 Å². The number of benzene rings is 3. The van der Waals surface area contributed by atoms with Crippen LogP contribution in [-0.2, 0) is 4.79 Å². The van der Waals surface area contributed by atoms with Gasteiger partial charge in [-0.25, -0.2) is 4.79 Å². The lowest BCUT2D eigenvalue weighted by atomic mass is 10.1. The second-order valence-electron chi connectivity index (χ2n) is 6.60. The van der Waals surface area contributed by atoms with Crippen molar-refractivity contribution >= 4 is 35.2 Å². The van der Waals surface area contributed by atoms with E-state index in [4.69, 9.17) is 5.11 Å². The third-order valence-corrected chi connectivity index (χ3v) is 4.37. The molecule has 30 heavy (non-hydrogen) atoms. The molecule has 3 rings (SSSR count). The van der Waals surface area contributed by atoms with Crippen LogP contribution in [0.2, 0.25) is 0 Å². The maximum absolute atomic E-state index is 12.5. The monoisotopic (exact) mass is 400 g/mol. The fraction of sp³-hybridized carbons (Fsp3) is 0.0417. The molecule has 0 saturated heterocycles. The number of aryl methyl sites for hydroxylation is 1. The Bertz CT molecular complexity index is 1100. The molecule has 0 aliphatic carbocycles. The number of carboxylic acids is 1. The minimum absolute atomic E-state index is 0.0949. The van der Waals surface area contributed by atoms with E-state index in [1.165, 1.54) is 18.2 Å². The quantitative estimate of drug-likeness (QED) is 0.527. The molecular weight excluding hydrogens is 380 g/mol. The first-order chi connectivity index (χ1) is 14.4. The molecule has 0 unspecified atom stereocenters. The predicted octanol–water partition coefficient (Wildman–Crippen LogP) is 4.60. The molecule has 0 radical (unpaired) electrons. The van der Waals surface area contributed by atoms with Crippen LogP contribution in [-0.4, -0.2) is 22.9 Å². The van der Waals surface area contributed by atoms with Gasteiger partial charge in [0, 0.05) is 23.0 Å². The van der Waals surface area contributed by atoms with Gasteiger partial charge in [-0.2, -0.15) is 0 Å². The molecule has 0 atom stereocenters. The highest BCUT2D eigenvalue weighted by atomic mass is 16.4. The molecule has 0 saturated carbocycles. The predicted molar refractivity (Wildman–Crippen MR) is 117 cm³/mol. The summed E-state index contributed by atoms with van der Waals surface area (Å²) in [5.41, 5.74) is 3.14. The minimum Gasteiger partial charge on any atom is -0.478 e. The van der Waals surface area contributed by atoms with Crippen molar-refractivity contribution in [1.29, 1.82) is 0 Å². The van der Waals surface area contributed by atoms with Crippen molar-refractivity contribution in [2.75, 3.05) is 10.6 Å². The fourth-order valence-electron chi connectivity index (χ4n) is 2.71. The standard InChI is InChI=1S/C24H20N2O4/c1-16-7-9-19(24(29)30)15-21(16)26-23(28)18-10-12-20(13-11-18)25-22(27)14-8-17-5-3-2-4-6-17/h2-15H,1H3,(H,25,27)(H,26,28)(H,29,30)/b14-8+. The van der Waals surface area contributed by atoms with E-state index in [1.807, 2.05) is 30.3 Å². The van der Waals surface area contributed by atoms with Crippen LogP contribution in [0.15, 0.2) is 78.9 Å². The lowest BCUT2D eigenvalue weighted by molar-refractivity contribution is -0.111. The van der Waals surface area contributed by atoms with Crippen LogP contribution in [0, 0.1) is 6.92 Å². The lowest BCUT2D eigenvalue weighted by Gasteiger charge is -2.10. The summed E-state index contributed by atoms with van der Waals surface area (Å²) >= 11 is 0. The van der Waals surface area contributed by atoms with E-state index in [-0.39, 0.29) is 17.4 Å². The Morgan fingerprint density at radius 2 is 1.50 bits per heavy atom. The first-order valence-corrected chi connectivity index (χ1v) is 9.22. The van der Waals surface area contributed by atoms with Gasteiger partial charge >= 0.3 is 5.97 Å². The smallest absolute Gasteiger partial charge is 0.335 e. The second kappa shape index (κ2) is 9.34. The number of aromatic carboxylic acids is 1. The molecule has 3 aromatic carbocycles. The van der Waals surface area contributed by atoms with Crippen LogP contribution in [0.5, 0.6) is 0 Å². The van der Waals surface area contributed by atoms with Crippen molar-refractivity contribution in [3.05, 3.63) is 101 Å². The van der Waals surface area contributed by atoms with Crippen LogP contribution in [0.1, 0.15) is 31.8 Å². The summed E-state index contributed by atoms with van der Waals surface area (Å²) in [5.74, 6) is -1.72. The number of carbonyl (C=O) groups excluding carboxylic acids is 2. The highest BCUT2D eigenvalue weighted by Gasteiger charge is 2.11. The molecule has 3 N–H and O–H groups in total. The van der Waals surface area contributed by atoms with Gasteiger partial charge in [-0.15, -0.1) is 0 Å². The number of carboxylic acid groups (broad SMARTS) is 1. The molecule has 150 valence electrons. The zero-order valence-electron chi connectivity index (χ0n) is 16.3. The first kappa shape index (κ1) is 20.5. The Morgan fingerprint density at radius 3 is 2.17 bits per heavy atom. The third kappa shape index (κ3) is 5.42. The van der Waals surface area contributed by atoms with Crippen molar-refractivity contribution in [2.45, 2.75) is 6.92 Å². The minimum atomic E-state index is -1.06. The van der Waals surface area contributed by atoms with Crippen molar-refractivity contribution in [3.8, 4) is 0 Å². The molecule has 0 bridgehead atoms. The van der Waals surface area contributed by atoms with Gasteiger partial charge in [0.25, 0.3) is 5.91 Å². The average molecular weight is 400 g/mol. The molecule has 0 aromatic heterocycles. The molecule has 6 heteroatoms. The van der Waals surface area contributed by atoms with Gasteiger partial charge in [-0.05, 0) is 60.5 Å². The summed E-state index contributed by atoms with van der Waals surface area (Å²) in [7, 11) is 0. The van der Waals surface area contributed by atoms with Crippen LogP contribution in [0.3, 0.4) is 0 Å². The molecular formula is C24H20N2O4. The summed E-state index contributed by atoms with van der Waals surface area (Å²) < 4.78 is 0. The van der Waals surface area contributed by atoms with Gasteiger partial charge in [0.15, 0.2) is 0 Å². The van der Waals surface area contributed by atoms with E-state index >= 15 is 0 Å². The summed E-state index contributed by atoms with van der Waals surface area (Å²) in [6.45, 7) is 1.78. The summed E-state index contributed by atoms with van der Waals surface area (Å²) in [6, 6.07) is 20.4. The van der Waals surface area contributed by atoms with Gasteiger partial charge < -0.3 is 15.7 Å². The van der Waals surface area contributed by atoms with E-state index in [9.17, 15) is 14.4 Å². The third-order valence-electron chi connectivity index (χ3n) is 4.37. The van der Waals surface area contributed by atoms with E-state index in [2.05, 4.69) is 10.6 Å². The fourth-order valence-corrected chi connectivity index (χ4v) is 2.71. The molecule has 0 spiro atoms. The Hall–Kier alpha value is -4.19. The Kier molecular flexibility index (Phi) is 6.39. The van der Waals surface area contributed by atoms with Crippen LogP contribution >= 0.6 is 0 Å². The zero-order chi connectivity index (χ0) is 21.5. The van der Waals surface area contributed by atoms with Crippen molar-refractivity contribution in [3.63, 3.8) is 0 Å². The number of amides is 2. The van der Waals surface area contributed by atoms with Crippen LogP contribution < -0.4 is 10.6 Å². The molecule has 3 aromatic rings. The summed E-state index contributed by atoms with van der Waals surface area (Å²) in [6.07, 6.45) is 3.15. The van der Waals surface area contributed by atoms with Gasteiger partial charge in [-0.3, -0.25) is 9.59 Å². The average Bonchev–Trinajstić information content (AvgIpc) is 2.75. The molecule has 2 amide bonds. The molecule has 6 nitrogen and oxygen atoms in total. The van der Waals surface area contributed by atoms with Crippen molar-refractivity contribution in [2.24, 2.45) is 0 Å². The Balaban J connectivity index is 1.63. The topological polar surface area (TPSA) is 95.5 Å². The Morgan fingerprint density at radius 1 is 0.833 bits per heavy atom. The number of anilines is 2. The molecule has 0 aliphatic heterocycles. The second-order valence-corrected chi connectivity index (χ2v) is 6.60. The number of nitrogens with one attached hydrogen (secondary N) is 2. The van der Waals surface area contributed by atoms with E-state index in [1.54, 1.807) is 43.3 Å². The van der Waals surface area contributed by atoms with Gasteiger partial charge in [0.1, 0.15) is 0 Å². The molecule has 0 fully saturated rings. The lowest BCUT2D eigenvalue weighted by Crippen LogP contribution is -2.14. The van der Waals surface area contributed by atoms with E-state index < -0.39 is 5.97 Å². The largest absolute Gasteiger partial charge is 0.478 e. The first-order valence-electron chi connectivity index (χ1n) is 9.22. The maximum Gasteiger partial charge on any atom is 0.335 e. The zero-order valence-corrected chi connectivity index (χ0v) is 16.3. The van der Waals surface area contributed by atoms with Gasteiger partial charge in [-0.1, -0.05) is 36.4 Å². The maximum atomic E-state index is 12.5. The number of rotatable bonds is 6. The highest BCUT2D eigenvalue weighted by molar-refractivity contribution is 6.06. The summed E-state index contributed by atoms with van der Waals surface area (Å²) in [5, 5.41) is 14.6. The normalized spacial score (nSPS) is 10.6. The molecule has 0 aliphatic rings.